The molecule has 1 atom stereocenters. The molecule has 4 heteroatoms. The summed E-state index contributed by atoms with van der Waals surface area (Å²) in [5, 5.41) is 17.9. The third-order valence-corrected chi connectivity index (χ3v) is 2.11. The quantitative estimate of drug-likeness (QED) is 0.586. The van der Waals surface area contributed by atoms with Crippen molar-refractivity contribution in [3.8, 4) is 11.5 Å². The van der Waals surface area contributed by atoms with Gasteiger partial charge in [0.1, 0.15) is 11.5 Å². The minimum absolute atomic E-state index is 0.0706. The molecular weight excluding hydrogens is 204 g/mol. The van der Waals surface area contributed by atoms with Gasteiger partial charge in [0.05, 0.1) is 10.9 Å². The Morgan fingerprint density at radius 1 is 1.43 bits per heavy atom. The smallest absolute Gasteiger partial charge is 0.184 e. The molecule has 0 saturated heterocycles. The lowest BCUT2D eigenvalue weighted by atomic mass is 10.0. The highest BCUT2D eigenvalue weighted by atomic mass is 35.5. The number of benzene rings is 1. The van der Waals surface area contributed by atoms with Crippen molar-refractivity contribution >= 4 is 17.4 Å². The monoisotopic (exact) mass is 214 g/mol. The van der Waals surface area contributed by atoms with Crippen LogP contribution in [-0.4, -0.2) is 21.4 Å². The molecule has 0 fully saturated rings. The predicted octanol–water partition coefficient (Wildman–Crippen LogP) is 2.22. The summed E-state index contributed by atoms with van der Waals surface area (Å²) in [5.41, 5.74) is 0.685. The summed E-state index contributed by atoms with van der Waals surface area (Å²) in [6, 6.07) is 2.53. The van der Waals surface area contributed by atoms with E-state index in [2.05, 4.69) is 0 Å². The van der Waals surface area contributed by atoms with Gasteiger partial charge in [-0.15, -0.1) is 11.6 Å². The molecule has 1 rings (SSSR count). The van der Waals surface area contributed by atoms with Crippen molar-refractivity contribution in [3.63, 3.8) is 0 Å². The maximum Gasteiger partial charge on any atom is 0.184 e. The zero-order valence-corrected chi connectivity index (χ0v) is 8.67. The fourth-order valence-electron chi connectivity index (χ4n) is 1.27. The van der Waals surface area contributed by atoms with Gasteiger partial charge in [-0.2, -0.15) is 0 Å². The Kier molecular flexibility index (Phi) is 3.01. The highest BCUT2D eigenvalue weighted by Crippen LogP contribution is 2.28. The number of phenols is 2. The number of aromatic hydroxyl groups is 2. The van der Waals surface area contributed by atoms with Gasteiger partial charge in [-0.05, 0) is 25.5 Å². The van der Waals surface area contributed by atoms with E-state index in [-0.39, 0.29) is 22.8 Å². The van der Waals surface area contributed by atoms with Crippen LogP contribution >= 0.6 is 11.6 Å². The molecule has 0 aliphatic carbocycles. The Labute approximate surface area is 86.9 Å². The lowest BCUT2D eigenvalue weighted by Crippen LogP contribution is -2.12. The van der Waals surface area contributed by atoms with Crippen LogP contribution in [0.5, 0.6) is 11.5 Å². The molecule has 0 spiro atoms. The molecule has 14 heavy (non-hydrogen) atoms. The third kappa shape index (κ3) is 1.99. The van der Waals surface area contributed by atoms with E-state index in [1.807, 2.05) is 0 Å². The number of rotatable bonds is 2. The summed E-state index contributed by atoms with van der Waals surface area (Å²) < 4.78 is 0. The zero-order chi connectivity index (χ0) is 10.9. The summed E-state index contributed by atoms with van der Waals surface area (Å²) in [6.45, 7) is 3.17. The van der Waals surface area contributed by atoms with Crippen molar-refractivity contribution in [1.29, 1.82) is 0 Å². The van der Waals surface area contributed by atoms with Gasteiger partial charge in [0, 0.05) is 6.07 Å². The topological polar surface area (TPSA) is 57.5 Å². The molecule has 0 saturated carbocycles. The van der Waals surface area contributed by atoms with E-state index < -0.39 is 5.38 Å². The van der Waals surface area contributed by atoms with Crippen LogP contribution in [0.25, 0.3) is 0 Å². The molecule has 1 aromatic rings. The van der Waals surface area contributed by atoms with Gasteiger partial charge < -0.3 is 10.2 Å². The summed E-state index contributed by atoms with van der Waals surface area (Å²) in [6.07, 6.45) is 0. The van der Waals surface area contributed by atoms with E-state index in [4.69, 9.17) is 16.7 Å². The Hall–Kier alpha value is -1.22. The van der Waals surface area contributed by atoms with Crippen LogP contribution in [0.1, 0.15) is 22.8 Å². The molecule has 0 heterocycles. The molecule has 0 bridgehead atoms. The SMILES string of the molecule is Cc1cc(O)cc(O)c1C(=O)C(C)Cl. The second-order valence-electron chi connectivity index (χ2n) is 3.14. The first kappa shape index (κ1) is 10.9. The number of halogens is 1. The second kappa shape index (κ2) is 3.88. The second-order valence-corrected chi connectivity index (χ2v) is 3.79. The average Bonchev–Trinajstić information content (AvgIpc) is 2.01. The molecule has 0 aliphatic rings. The fourth-order valence-corrected chi connectivity index (χ4v) is 1.38. The van der Waals surface area contributed by atoms with Crippen LogP contribution in [0.15, 0.2) is 12.1 Å². The van der Waals surface area contributed by atoms with Crippen LogP contribution in [0, 0.1) is 6.92 Å². The predicted molar refractivity (Wildman–Crippen MR) is 54.2 cm³/mol. The zero-order valence-electron chi connectivity index (χ0n) is 7.91. The van der Waals surface area contributed by atoms with Gasteiger partial charge in [0.2, 0.25) is 0 Å². The summed E-state index contributed by atoms with van der Waals surface area (Å²) in [7, 11) is 0. The van der Waals surface area contributed by atoms with E-state index in [9.17, 15) is 9.90 Å². The van der Waals surface area contributed by atoms with Crippen molar-refractivity contribution in [2.24, 2.45) is 0 Å². The van der Waals surface area contributed by atoms with Gasteiger partial charge >= 0.3 is 0 Å². The maximum absolute atomic E-state index is 11.5. The number of carbonyl (C=O) groups is 1. The van der Waals surface area contributed by atoms with Crippen molar-refractivity contribution in [2.75, 3.05) is 0 Å². The van der Waals surface area contributed by atoms with Gasteiger partial charge in [-0.25, -0.2) is 0 Å². The number of alkyl halides is 1. The first-order chi connectivity index (χ1) is 6.43. The number of phenolic OH excluding ortho intramolecular Hbond substituents is 2. The molecule has 0 aromatic heterocycles. The van der Waals surface area contributed by atoms with Crippen LogP contribution < -0.4 is 0 Å². The molecule has 76 valence electrons. The van der Waals surface area contributed by atoms with Gasteiger partial charge in [0.25, 0.3) is 0 Å². The van der Waals surface area contributed by atoms with Gasteiger partial charge in [0.15, 0.2) is 5.78 Å². The Morgan fingerprint density at radius 2 is 2.00 bits per heavy atom. The van der Waals surface area contributed by atoms with Crippen LogP contribution in [0.2, 0.25) is 0 Å². The highest BCUT2D eigenvalue weighted by molar-refractivity contribution is 6.34. The van der Waals surface area contributed by atoms with E-state index >= 15 is 0 Å². The maximum atomic E-state index is 11.5. The summed E-state index contributed by atoms with van der Waals surface area (Å²) in [4.78, 5) is 11.5. The number of Topliss-reactive ketones (excluding diaryl/α,β-unsaturated/α-hetero) is 1. The van der Waals surface area contributed by atoms with Crippen molar-refractivity contribution in [3.05, 3.63) is 23.3 Å². The minimum atomic E-state index is -0.691. The van der Waals surface area contributed by atoms with Crippen LogP contribution in [-0.2, 0) is 0 Å². The number of carbonyl (C=O) groups excluding carboxylic acids is 1. The van der Waals surface area contributed by atoms with Crippen LogP contribution in [0.4, 0.5) is 0 Å². The van der Waals surface area contributed by atoms with E-state index in [0.29, 0.717) is 5.56 Å². The molecule has 0 aliphatic heterocycles. The molecular formula is C10H11ClO3. The lowest BCUT2D eigenvalue weighted by Gasteiger charge is -2.09. The average molecular weight is 215 g/mol. The van der Waals surface area contributed by atoms with Crippen molar-refractivity contribution < 1.29 is 15.0 Å². The van der Waals surface area contributed by atoms with E-state index in [0.717, 1.165) is 6.07 Å². The first-order valence-corrected chi connectivity index (χ1v) is 4.58. The first-order valence-electron chi connectivity index (χ1n) is 4.14. The molecule has 2 N–H and O–H groups in total. The van der Waals surface area contributed by atoms with Gasteiger partial charge in [-0.1, -0.05) is 0 Å². The van der Waals surface area contributed by atoms with Crippen LogP contribution in [0.3, 0.4) is 0 Å². The standard InChI is InChI=1S/C10H11ClO3/c1-5-3-7(12)4-8(13)9(5)10(14)6(2)11/h3-4,6,12-13H,1-2H3. The molecule has 1 aromatic carbocycles. The lowest BCUT2D eigenvalue weighted by molar-refractivity contribution is 0.0988. The Bertz CT molecular complexity index is 349. The van der Waals surface area contributed by atoms with Crippen molar-refractivity contribution in [2.45, 2.75) is 19.2 Å². The third-order valence-electron chi connectivity index (χ3n) is 1.91. The number of hydrogen-bond donors (Lipinski definition) is 2. The summed E-state index contributed by atoms with van der Waals surface area (Å²) >= 11 is 5.62. The van der Waals surface area contributed by atoms with Gasteiger partial charge in [-0.3, -0.25) is 4.79 Å². The van der Waals surface area contributed by atoms with E-state index in [1.165, 1.54) is 13.0 Å². The van der Waals surface area contributed by atoms with Crippen molar-refractivity contribution in [1.82, 2.24) is 0 Å². The Balaban J connectivity index is 3.28. The molecule has 1 unspecified atom stereocenters. The number of aryl methyl sites for hydroxylation is 1. The highest BCUT2D eigenvalue weighted by Gasteiger charge is 2.19. The molecule has 0 radical (unpaired) electrons. The largest absolute Gasteiger partial charge is 0.508 e. The normalized spacial score (nSPS) is 12.5. The Morgan fingerprint density at radius 3 is 2.43 bits per heavy atom. The molecule has 3 nitrogen and oxygen atoms in total. The summed E-state index contributed by atoms with van der Waals surface area (Å²) in [5.74, 6) is -0.652. The van der Waals surface area contributed by atoms with E-state index in [1.54, 1.807) is 6.92 Å². The molecule has 0 amide bonds. The number of hydrogen-bond acceptors (Lipinski definition) is 3. The fraction of sp³-hybridized carbons (Fsp3) is 0.300. The minimum Gasteiger partial charge on any atom is -0.508 e. The number of ketones is 1.